The number of methoxy groups -OCH3 is 1. The summed E-state index contributed by atoms with van der Waals surface area (Å²) in [5.74, 6) is -0.623. The van der Waals surface area contributed by atoms with Crippen molar-refractivity contribution in [3.05, 3.63) is 88.5 Å². The smallest absolute Gasteiger partial charge is 0.238 e. The first-order chi connectivity index (χ1) is 18.2. The molecule has 1 unspecified atom stereocenters. The fourth-order valence-electron chi connectivity index (χ4n) is 5.00. The molecule has 6 heteroatoms. The minimum Gasteiger partial charge on any atom is -0.506 e. The lowest BCUT2D eigenvalue weighted by molar-refractivity contribution is -0.110. The average molecular weight is 511 g/mol. The van der Waals surface area contributed by atoms with Crippen LogP contribution in [0.15, 0.2) is 66.3 Å². The first kappa shape index (κ1) is 25.5. The van der Waals surface area contributed by atoms with E-state index < -0.39 is 17.2 Å². The quantitative estimate of drug-likeness (QED) is 0.211. The second-order valence-corrected chi connectivity index (χ2v) is 10.1. The predicted molar refractivity (Wildman–Crippen MR) is 148 cm³/mol. The van der Waals surface area contributed by atoms with E-state index >= 15 is 0 Å². The number of aliphatic hydroxyl groups is 1. The summed E-state index contributed by atoms with van der Waals surface area (Å²) in [7, 11) is 1.50. The van der Waals surface area contributed by atoms with Gasteiger partial charge in [0.2, 0.25) is 11.6 Å². The third-order valence-electron chi connectivity index (χ3n) is 6.96. The van der Waals surface area contributed by atoms with Crippen LogP contribution >= 0.6 is 0 Å². The van der Waals surface area contributed by atoms with Gasteiger partial charge in [0.1, 0.15) is 22.9 Å². The summed E-state index contributed by atoms with van der Waals surface area (Å²) < 4.78 is 17.4. The standard InChI is InChI=1S/C32H30O6/c1-19(2)8-7-14-32(3)15-13-21-24-17-27(37-18-36-4)25(16-20(24)11-12-26(21)38-32)28-29(33)22-9-5-6-10-23(22)30(34)31(28)35/h5-6,8-13,15-17,33H,7,14,18H2,1-4H3. The van der Waals surface area contributed by atoms with Gasteiger partial charge in [0.15, 0.2) is 6.79 Å². The van der Waals surface area contributed by atoms with Crippen LogP contribution in [-0.4, -0.2) is 36.2 Å². The summed E-state index contributed by atoms with van der Waals surface area (Å²) in [6, 6.07) is 13.9. The molecule has 38 heavy (non-hydrogen) atoms. The number of ether oxygens (including phenoxy) is 3. The molecule has 1 N–H and O–H groups in total. The Morgan fingerprint density at radius 1 is 1.03 bits per heavy atom. The number of rotatable bonds is 7. The second kappa shape index (κ2) is 9.95. The molecule has 0 spiro atoms. The van der Waals surface area contributed by atoms with Gasteiger partial charge in [-0.3, -0.25) is 9.59 Å². The normalized spacial score (nSPS) is 18.2. The van der Waals surface area contributed by atoms with E-state index in [4.69, 9.17) is 14.2 Å². The third kappa shape index (κ3) is 4.52. The Bertz CT molecular complexity index is 1550. The van der Waals surface area contributed by atoms with Crippen molar-refractivity contribution in [3.63, 3.8) is 0 Å². The van der Waals surface area contributed by atoms with Crippen LogP contribution in [0.1, 0.15) is 60.7 Å². The van der Waals surface area contributed by atoms with Crippen LogP contribution in [-0.2, 0) is 9.53 Å². The highest BCUT2D eigenvalue weighted by Gasteiger charge is 2.35. The van der Waals surface area contributed by atoms with Crippen LogP contribution in [0.25, 0.3) is 28.2 Å². The van der Waals surface area contributed by atoms with E-state index in [1.165, 1.54) is 18.7 Å². The lowest BCUT2D eigenvalue weighted by atomic mass is 9.84. The molecule has 0 saturated heterocycles. The monoisotopic (exact) mass is 510 g/mol. The molecule has 3 aromatic rings. The van der Waals surface area contributed by atoms with Gasteiger partial charge in [-0.15, -0.1) is 0 Å². The van der Waals surface area contributed by atoms with Crippen molar-refractivity contribution in [3.8, 4) is 11.5 Å². The number of hydrogen-bond donors (Lipinski definition) is 1. The van der Waals surface area contributed by atoms with Crippen LogP contribution < -0.4 is 9.47 Å². The Morgan fingerprint density at radius 3 is 2.53 bits per heavy atom. The molecule has 1 atom stereocenters. The summed E-state index contributed by atoms with van der Waals surface area (Å²) in [5, 5.41) is 12.8. The van der Waals surface area contributed by atoms with Crippen LogP contribution in [0, 0.1) is 0 Å². The molecule has 0 bridgehead atoms. The summed E-state index contributed by atoms with van der Waals surface area (Å²) in [4.78, 5) is 26.1. The van der Waals surface area contributed by atoms with E-state index in [1.807, 2.05) is 12.1 Å². The zero-order valence-electron chi connectivity index (χ0n) is 22.0. The molecular formula is C32H30O6. The molecule has 194 valence electrons. The third-order valence-corrected chi connectivity index (χ3v) is 6.96. The molecule has 2 aliphatic rings. The highest BCUT2D eigenvalue weighted by molar-refractivity contribution is 6.62. The lowest BCUT2D eigenvalue weighted by Gasteiger charge is -2.32. The average Bonchev–Trinajstić information content (AvgIpc) is 2.90. The molecule has 0 radical (unpaired) electrons. The van der Waals surface area contributed by atoms with Gasteiger partial charge < -0.3 is 19.3 Å². The predicted octanol–water partition coefficient (Wildman–Crippen LogP) is 6.92. The number of ketones is 2. The molecular weight excluding hydrogens is 480 g/mol. The first-order valence-corrected chi connectivity index (χ1v) is 12.6. The number of hydrogen-bond acceptors (Lipinski definition) is 6. The zero-order valence-corrected chi connectivity index (χ0v) is 22.0. The van der Waals surface area contributed by atoms with Crippen LogP contribution in [0.2, 0.25) is 0 Å². The summed E-state index contributed by atoms with van der Waals surface area (Å²) in [6.07, 6.45) is 8.11. The first-order valence-electron chi connectivity index (χ1n) is 12.6. The SMILES string of the molecule is COCOc1cc2c3c(ccc2cc1C1=C(O)c2ccccc2C(=O)C1=O)OC(C)(CCC=C(C)C)C=C3. The van der Waals surface area contributed by atoms with Crippen LogP contribution in [0.3, 0.4) is 0 Å². The van der Waals surface area contributed by atoms with Crippen molar-refractivity contribution in [2.24, 2.45) is 0 Å². The fraction of sp³-hybridized carbons (Fsp3) is 0.250. The topological polar surface area (TPSA) is 82.1 Å². The molecule has 1 aliphatic heterocycles. The molecule has 0 aromatic heterocycles. The Hall–Kier alpha value is -4.16. The Balaban J connectivity index is 1.63. The van der Waals surface area contributed by atoms with Crippen molar-refractivity contribution in [1.29, 1.82) is 0 Å². The van der Waals surface area contributed by atoms with Crippen molar-refractivity contribution < 1.29 is 28.9 Å². The second-order valence-electron chi connectivity index (χ2n) is 10.1. The highest BCUT2D eigenvalue weighted by atomic mass is 16.7. The summed E-state index contributed by atoms with van der Waals surface area (Å²) in [5.41, 5.74) is 2.49. The van der Waals surface area contributed by atoms with Gasteiger partial charge >= 0.3 is 0 Å². The summed E-state index contributed by atoms with van der Waals surface area (Å²) in [6.45, 7) is 6.17. The van der Waals surface area contributed by atoms with Crippen molar-refractivity contribution >= 4 is 39.7 Å². The maximum atomic E-state index is 13.2. The number of benzene rings is 3. The van der Waals surface area contributed by atoms with Gasteiger partial charge in [-0.05, 0) is 68.7 Å². The number of carbonyl (C=O) groups is 2. The number of carbonyl (C=O) groups excluding carboxylic acids is 2. The maximum Gasteiger partial charge on any atom is 0.238 e. The molecule has 5 rings (SSSR count). The largest absolute Gasteiger partial charge is 0.506 e. The molecule has 1 aliphatic carbocycles. The number of allylic oxidation sites excluding steroid dienone is 3. The fourth-order valence-corrected chi connectivity index (χ4v) is 5.00. The summed E-state index contributed by atoms with van der Waals surface area (Å²) >= 11 is 0. The lowest BCUT2D eigenvalue weighted by Crippen LogP contribution is -2.31. The zero-order chi connectivity index (χ0) is 27.0. The number of Topliss-reactive ketones (excluding diaryl/α,β-unsaturated/α-hetero) is 2. The van der Waals surface area contributed by atoms with E-state index in [-0.39, 0.29) is 23.7 Å². The van der Waals surface area contributed by atoms with Crippen LogP contribution in [0.5, 0.6) is 11.5 Å². The van der Waals surface area contributed by atoms with Crippen LogP contribution in [0.4, 0.5) is 0 Å². The minimum atomic E-state index is -0.781. The van der Waals surface area contributed by atoms with Crippen molar-refractivity contribution in [2.45, 2.75) is 39.2 Å². The van der Waals surface area contributed by atoms with Gasteiger partial charge in [-0.25, -0.2) is 0 Å². The van der Waals surface area contributed by atoms with E-state index in [1.54, 1.807) is 30.3 Å². The highest BCUT2D eigenvalue weighted by Crippen LogP contribution is 2.43. The molecule has 0 fully saturated rings. The Kier molecular flexibility index (Phi) is 6.67. The van der Waals surface area contributed by atoms with Crippen molar-refractivity contribution in [2.75, 3.05) is 13.9 Å². The molecule has 6 nitrogen and oxygen atoms in total. The maximum absolute atomic E-state index is 13.2. The van der Waals surface area contributed by atoms with Crippen molar-refractivity contribution in [1.82, 2.24) is 0 Å². The Labute approximate surface area is 221 Å². The van der Waals surface area contributed by atoms with Gasteiger partial charge in [-0.2, -0.15) is 0 Å². The van der Waals surface area contributed by atoms with Gasteiger partial charge in [0.05, 0.1) is 5.57 Å². The minimum absolute atomic E-state index is 0.0743. The molecule has 0 saturated carbocycles. The molecule has 1 heterocycles. The number of fused-ring (bicyclic) bond motifs is 4. The van der Waals surface area contributed by atoms with Gasteiger partial charge in [0.25, 0.3) is 0 Å². The Morgan fingerprint density at radius 2 is 1.79 bits per heavy atom. The van der Waals surface area contributed by atoms with Gasteiger partial charge in [0, 0.05) is 29.4 Å². The molecule has 0 amide bonds. The van der Waals surface area contributed by atoms with E-state index in [2.05, 4.69) is 39.0 Å². The van der Waals surface area contributed by atoms with Gasteiger partial charge in [-0.1, -0.05) is 48.1 Å². The van der Waals surface area contributed by atoms with E-state index in [0.29, 0.717) is 16.9 Å². The number of aliphatic hydroxyl groups excluding tert-OH is 1. The van der Waals surface area contributed by atoms with E-state index in [9.17, 15) is 14.7 Å². The molecule has 3 aromatic carbocycles. The van der Waals surface area contributed by atoms with E-state index in [0.717, 1.165) is 34.9 Å².